The van der Waals surface area contributed by atoms with Crippen molar-refractivity contribution in [3.8, 4) is 23.3 Å². The zero-order valence-electron chi connectivity index (χ0n) is 23.3. The van der Waals surface area contributed by atoms with Gasteiger partial charge in [0.05, 0.1) is 48.7 Å². The Morgan fingerprint density at radius 1 is 0.571 bits per heavy atom. The minimum absolute atomic E-state index is 0.00198. The molecule has 0 aliphatic rings. The van der Waals surface area contributed by atoms with Crippen molar-refractivity contribution in [2.45, 2.75) is 27.7 Å². The lowest BCUT2D eigenvalue weighted by molar-refractivity contribution is 0.0505. The Balaban J connectivity index is 2.03. The van der Waals surface area contributed by atoms with Crippen LogP contribution in [0.2, 0.25) is 0 Å². The van der Waals surface area contributed by atoms with Gasteiger partial charge in [-0.15, -0.1) is 0 Å². The van der Waals surface area contributed by atoms with Gasteiger partial charge >= 0.3 is 23.9 Å². The number of benzene rings is 2. The molecule has 42 heavy (non-hydrogen) atoms. The third-order valence-corrected chi connectivity index (χ3v) is 5.22. The Bertz CT molecular complexity index is 1310. The molecule has 0 spiro atoms. The Morgan fingerprint density at radius 3 is 1.14 bits per heavy atom. The maximum absolute atomic E-state index is 12.4. The van der Waals surface area contributed by atoms with Crippen LogP contribution in [0.15, 0.2) is 42.7 Å². The maximum atomic E-state index is 12.4. The van der Waals surface area contributed by atoms with Crippen LogP contribution in [0.25, 0.3) is 0 Å². The van der Waals surface area contributed by atoms with E-state index in [0.29, 0.717) is 6.29 Å². The van der Waals surface area contributed by atoms with Crippen LogP contribution in [0, 0.1) is 0 Å². The molecule has 0 aliphatic carbocycles. The van der Waals surface area contributed by atoms with Crippen LogP contribution in [0.1, 0.15) is 79.5 Å². The Kier molecular flexibility index (Phi) is 11.1. The van der Waals surface area contributed by atoms with Crippen LogP contribution < -0.4 is 9.47 Å². The Labute approximate surface area is 240 Å². The van der Waals surface area contributed by atoms with Crippen molar-refractivity contribution in [1.29, 1.82) is 0 Å². The second kappa shape index (κ2) is 14.9. The molecule has 3 rings (SSSR count). The van der Waals surface area contributed by atoms with Crippen molar-refractivity contribution in [2.24, 2.45) is 0 Å². The van der Waals surface area contributed by atoms with E-state index < -0.39 is 23.9 Å². The van der Waals surface area contributed by atoms with Crippen molar-refractivity contribution in [3.63, 3.8) is 0 Å². The summed E-state index contributed by atoms with van der Waals surface area (Å²) in [6, 6.07) is 7.77. The SMILES string of the molecule is CCOC(=O)c1cc(Oc2ncnc(Oc3cc(C(=O)OCC)cc(C(=O)OCC)c3)c2C=O)cc(C(=O)OCC)c1. The molecule has 0 N–H and O–H groups in total. The van der Waals surface area contributed by atoms with Gasteiger partial charge in [-0.2, -0.15) is 0 Å². The van der Waals surface area contributed by atoms with Crippen molar-refractivity contribution < 1.29 is 52.4 Å². The highest BCUT2D eigenvalue weighted by molar-refractivity contribution is 5.97. The minimum Gasteiger partial charge on any atom is -0.462 e. The number of nitrogens with zero attached hydrogens (tertiary/aromatic N) is 2. The molecule has 2 aromatic carbocycles. The number of hydrogen-bond donors (Lipinski definition) is 0. The number of hydrogen-bond acceptors (Lipinski definition) is 13. The fourth-order valence-corrected chi connectivity index (χ4v) is 3.50. The van der Waals surface area contributed by atoms with E-state index in [1.54, 1.807) is 27.7 Å². The van der Waals surface area contributed by atoms with Crippen LogP contribution in [-0.4, -0.2) is 66.6 Å². The molecule has 0 fully saturated rings. The molecule has 1 heterocycles. The third-order valence-electron chi connectivity index (χ3n) is 5.22. The highest BCUT2D eigenvalue weighted by Crippen LogP contribution is 2.32. The van der Waals surface area contributed by atoms with Gasteiger partial charge in [-0.3, -0.25) is 4.79 Å². The number of esters is 4. The second-order valence-corrected chi connectivity index (χ2v) is 8.09. The summed E-state index contributed by atoms with van der Waals surface area (Å²) in [6.45, 7) is 6.88. The molecule has 220 valence electrons. The lowest BCUT2D eigenvalue weighted by Crippen LogP contribution is -2.10. The van der Waals surface area contributed by atoms with E-state index in [4.69, 9.17) is 28.4 Å². The number of carbonyl (C=O) groups is 5. The van der Waals surface area contributed by atoms with Crippen molar-refractivity contribution in [3.05, 3.63) is 70.5 Å². The number of aromatic nitrogens is 2. The summed E-state index contributed by atoms with van der Waals surface area (Å²) >= 11 is 0. The van der Waals surface area contributed by atoms with E-state index in [1.807, 2.05) is 0 Å². The van der Waals surface area contributed by atoms with Gasteiger partial charge in [-0.1, -0.05) is 0 Å². The van der Waals surface area contributed by atoms with Crippen molar-refractivity contribution >= 4 is 30.2 Å². The van der Waals surface area contributed by atoms with E-state index in [1.165, 1.54) is 36.4 Å². The third kappa shape index (κ3) is 7.87. The quantitative estimate of drug-likeness (QED) is 0.157. The predicted octanol–water partition coefficient (Wildman–Crippen LogP) is 4.58. The van der Waals surface area contributed by atoms with Crippen molar-refractivity contribution in [2.75, 3.05) is 26.4 Å². The molecule has 1 aromatic heterocycles. The standard InChI is InChI=1S/C29H28N2O11/c1-5-37-26(33)17-9-18(27(34)38-6-2)12-21(11-17)41-24-23(15-32)25(31-16-30-24)42-22-13-19(28(35)39-7-3)10-20(14-22)29(36)40-8-4/h9-16H,5-8H2,1-4H3. The Hall–Kier alpha value is -5.33. The van der Waals surface area contributed by atoms with Gasteiger partial charge in [0.1, 0.15) is 23.4 Å². The molecule has 0 atom stereocenters. The van der Waals surface area contributed by atoms with E-state index in [9.17, 15) is 24.0 Å². The van der Waals surface area contributed by atoms with Crippen LogP contribution in [0.4, 0.5) is 0 Å². The molecule has 13 heteroatoms. The van der Waals surface area contributed by atoms with E-state index in [0.717, 1.165) is 6.33 Å². The topological polar surface area (TPSA) is 167 Å². The van der Waals surface area contributed by atoms with Gasteiger partial charge in [-0.25, -0.2) is 29.1 Å². The first kappa shape index (κ1) is 31.2. The van der Waals surface area contributed by atoms with Gasteiger partial charge in [0, 0.05) is 0 Å². The van der Waals surface area contributed by atoms with E-state index >= 15 is 0 Å². The van der Waals surface area contributed by atoms with Gasteiger partial charge in [0.25, 0.3) is 0 Å². The average molecular weight is 581 g/mol. The van der Waals surface area contributed by atoms with Crippen LogP contribution >= 0.6 is 0 Å². The van der Waals surface area contributed by atoms with E-state index in [2.05, 4.69) is 9.97 Å². The number of rotatable bonds is 13. The summed E-state index contributed by atoms with van der Waals surface area (Å²) in [5.74, 6) is -3.49. The number of ether oxygens (including phenoxy) is 6. The molecule has 0 radical (unpaired) electrons. The minimum atomic E-state index is -0.713. The first-order chi connectivity index (χ1) is 20.2. The molecule has 13 nitrogen and oxygen atoms in total. The molecular formula is C29H28N2O11. The monoisotopic (exact) mass is 580 g/mol. The van der Waals surface area contributed by atoms with Crippen LogP contribution in [-0.2, 0) is 18.9 Å². The molecule has 0 saturated carbocycles. The maximum Gasteiger partial charge on any atom is 0.338 e. The average Bonchev–Trinajstić information content (AvgIpc) is 2.97. The predicted molar refractivity (Wildman–Crippen MR) is 144 cm³/mol. The zero-order chi connectivity index (χ0) is 30.6. The first-order valence-electron chi connectivity index (χ1n) is 12.9. The first-order valence-corrected chi connectivity index (χ1v) is 12.9. The molecule has 0 saturated heterocycles. The smallest absolute Gasteiger partial charge is 0.338 e. The number of carbonyl (C=O) groups excluding carboxylic acids is 5. The summed E-state index contributed by atoms with van der Waals surface area (Å²) in [7, 11) is 0. The fraction of sp³-hybridized carbons (Fsp3) is 0.276. The molecule has 3 aromatic rings. The number of aldehydes is 1. The molecule has 0 amide bonds. The summed E-state index contributed by atoms with van der Waals surface area (Å²) in [5, 5.41) is 0. The molecule has 0 bridgehead atoms. The molecular weight excluding hydrogens is 552 g/mol. The lowest BCUT2D eigenvalue weighted by atomic mass is 10.1. The summed E-state index contributed by atoms with van der Waals surface area (Å²) in [6.07, 6.45) is 1.41. The molecule has 0 unspecified atom stereocenters. The van der Waals surface area contributed by atoms with E-state index in [-0.39, 0.29) is 77.5 Å². The highest BCUT2D eigenvalue weighted by atomic mass is 16.5. The van der Waals surface area contributed by atoms with Crippen LogP contribution in [0.5, 0.6) is 23.3 Å². The lowest BCUT2D eigenvalue weighted by Gasteiger charge is -2.13. The molecule has 0 aliphatic heterocycles. The van der Waals surface area contributed by atoms with Gasteiger partial charge < -0.3 is 28.4 Å². The highest BCUT2D eigenvalue weighted by Gasteiger charge is 2.21. The van der Waals surface area contributed by atoms with Gasteiger partial charge in [0.2, 0.25) is 11.8 Å². The van der Waals surface area contributed by atoms with Crippen LogP contribution in [0.3, 0.4) is 0 Å². The summed E-state index contributed by atoms with van der Waals surface area (Å²) < 4.78 is 31.7. The zero-order valence-corrected chi connectivity index (χ0v) is 23.3. The fourth-order valence-electron chi connectivity index (χ4n) is 3.50. The summed E-state index contributed by atoms with van der Waals surface area (Å²) in [4.78, 5) is 69.7. The summed E-state index contributed by atoms with van der Waals surface area (Å²) in [5.41, 5.74) is -0.262. The van der Waals surface area contributed by atoms with Crippen molar-refractivity contribution in [1.82, 2.24) is 9.97 Å². The second-order valence-electron chi connectivity index (χ2n) is 8.09. The van der Waals surface area contributed by atoms with Gasteiger partial charge in [-0.05, 0) is 64.1 Å². The van der Waals surface area contributed by atoms with Gasteiger partial charge in [0.15, 0.2) is 6.29 Å². The normalized spacial score (nSPS) is 10.3. The largest absolute Gasteiger partial charge is 0.462 e. The Morgan fingerprint density at radius 2 is 0.881 bits per heavy atom.